The van der Waals surface area contributed by atoms with Crippen LogP contribution in [0, 0.1) is 0 Å². The molecule has 0 bridgehead atoms. The lowest BCUT2D eigenvalue weighted by Gasteiger charge is -2.10. The zero-order valence-electron chi connectivity index (χ0n) is 14.3. The maximum atomic E-state index is 12.9. The summed E-state index contributed by atoms with van der Waals surface area (Å²) in [5, 5.41) is 2.96. The van der Waals surface area contributed by atoms with E-state index in [2.05, 4.69) is 21.2 Å². The standard InChI is InChI=1S/C22H18BrNO2/c1-26-20-12-10-16(11-13-20)14-21(17-6-3-2-4-7-17)22(25)24-19-9-5-8-18(23)15-19/h2-15H,1H3,(H,24,25)/b21-14+. The van der Waals surface area contributed by atoms with Gasteiger partial charge in [0.2, 0.25) is 0 Å². The number of ether oxygens (including phenoxy) is 1. The molecule has 0 aliphatic rings. The van der Waals surface area contributed by atoms with E-state index in [1.165, 1.54) is 0 Å². The van der Waals surface area contributed by atoms with Gasteiger partial charge in [0.25, 0.3) is 5.91 Å². The van der Waals surface area contributed by atoms with Crippen LogP contribution in [-0.4, -0.2) is 13.0 Å². The lowest BCUT2D eigenvalue weighted by molar-refractivity contribution is -0.111. The van der Waals surface area contributed by atoms with Crippen molar-refractivity contribution in [3.05, 3.63) is 94.5 Å². The highest BCUT2D eigenvalue weighted by Crippen LogP contribution is 2.23. The molecule has 0 heterocycles. The lowest BCUT2D eigenvalue weighted by Crippen LogP contribution is -2.13. The molecule has 0 unspecified atom stereocenters. The number of halogens is 1. The number of hydrogen-bond donors (Lipinski definition) is 1. The first-order valence-corrected chi connectivity index (χ1v) is 8.93. The Morgan fingerprint density at radius 1 is 0.962 bits per heavy atom. The van der Waals surface area contributed by atoms with Gasteiger partial charge in [0.1, 0.15) is 5.75 Å². The predicted octanol–water partition coefficient (Wildman–Crippen LogP) is 5.64. The Kier molecular flexibility index (Phi) is 5.87. The van der Waals surface area contributed by atoms with Crippen LogP contribution in [0.1, 0.15) is 11.1 Å². The summed E-state index contributed by atoms with van der Waals surface area (Å²) in [5.74, 6) is 0.618. The number of carbonyl (C=O) groups is 1. The SMILES string of the molecule is COc1ccc(/C=C(/C(=O)Nc2cccc(Br)c2)c2ccccc2)cc1. The molecule has 0 saturated carbocycles. The maximum Gasteiger partial charge on any atom is 0.256 e. The summed E-state index contributed by atoms with van der Waals surface area (Å²) >= 11 is 3.42. The minimum atomic E-state index is -0.162. The first-order valence-electron chi connectivity index (χ1n) is 8.14. The molecule has 3 aromatic rings. The number of hydrogen-bond acceptors (Lipinski definition) is 2. The van der Waals surface area contributed by atoms with Gasteiger partial charge in [0.05, 0.1) is 7.11 Å². The van der Waals surface area contributed by atoms with E-state index in [4.69, 9.17) is 4.74 Å². The summed E-state index contributed by atoms with van der Waals surface area (Å²) in [5.41, 5.74) is 3.11. The van der Waals surface area contributed by atoms with Crippen LogP contribution < -0.4 is 10.1 Å². The van der Waals surface area contributed by atoms with E-state index in [1.54, 1.807) is 7.11 Å². The van der Waals surface area contributed by atoms with Gasteiger partial charge >= 0.3 is 0 Å². The van der Waals surface area contributed by atoms with Crippen LogP contribution >= 0.6 is 15.9 Å². The molecule has 1 N–H and O–H groups in total. The second-order valence-electron chi connectivity index (χ2n) is 5.66. The fourth-order valence-corrected chi connectivity index (χ4v) is 2.93. The Morgan fingerprint density at radius 3 is 2.35 bits per heavy atom. The van der Waals surface area contributed by atoms with Gasteiger partial charge in [-0.2, -0.15) is 0 Å². The van der Waals surface area contributed by atoms with Crippen molar-refractivity contribution in [2.45, 2.75) is 0 Å². The molecule has 0 fully saturated rings. The van der Waals surface area contributed by atoms with Crippen molar-refractivity contribution >= 4 is 39.2 Å². The topological polar surface area (TPSA) is 38.3 Å². The fourth-order valence-electron chi connectivity index (χ4n) is 2.53. The molecule has 4 heteroatoms. The molecular weight excluding hydrogens is 390 g/mol. The van der Waals surface area contributed by atoms with E-state index in [0.717, 1.165) is 27.0 Å². The van der Waals surface area contributed by atoms with Gasteiger partial charge in [-0.15, -0.1) is 0 Å². The van der Waals surface area contributed by atoms with E-state index in [1.807, 2.05) is 84.9 Å². The number of carbonyl (C=O) groups excluding carboxylic acids is 1. The third kappa shape index (κ3) is 4.61. The maximum absolute atomic E-state index is 12.9. The minimum Gasteiger partial charge on any atom is -0.497 e. The highest BCUT2D eigenvalue weighted by molar-refractivity contribution is 9.10. The molecule has 0 aromatic heterocycles. The van der Waals surface area contributed by atoms with Crippen LogP contribution in [-0.2, 0) is 4.79 Å². The summed E-state index contributed by atoms with van der Waals surface area (Å²) in [4.78, 5) is 12.9. The molecule has 0 saturated heterocycles. The smallest absolute Gasteiger partial charge is 0.256 e. The Morgan fingerprint density at radius 2 is 1.69 bits per heavy atom. The molecule has 3 aromatic carbocycles. The first-order chi connectivity index (χ1) is 12.7. The molecule has 3 nitrogen and oxygen atoms in total. The summed E-state index contributed by atoms with van der Waals surface area (Å²) in [6.45, 7) is 0. The van der Waals surface area contributed by atoms with Gasteiger partial charge in [-0.3, -0.25) is 4.79 Å². The number of rotatable bonds is 5. The Hall–Kier alpha value is -2.85. The van der Waals surface area contributed by atoms with Gasteiger partial charge < -0.3 is 10.1 Å². The highest BCUT2D eigenvalue weighted by Gasteiger charge is 2.12. The van der Waals surface area contributed by atoms with E-state index < -0.39 is 0 Å². The molecule has 3 rings (SSSR count). The third-order valence-electron chi connectivity index (χ3n) is 3.84. The largest absolute Gasteiger partial charge is 0.497 e. The van der Waals surface area contributed by atoms with Crippen LogP contribution in [0.5, 0.6) is 5.75 Å². The number of amides is 1. The van der Waals surface area contributed by atoms with E-state index >= 15 is 0 Å². The number of methoxy groups -OCH3 is 1. The van der Waals surface area contributed by atoms with E-state index in [0.29, 0.717) is 5.57 Å². The summed E-state index contributed by atoms with van der Waals surface area (Å²) in [7, 11) is 1.63. The normalized spacial score (nSPS) is 11.1. The summed E-state index contributed by atoms with van der Waals surface area (Å²) in [6.07, 6.45) is 1.88. The zero-order chi connectivity index (χ0) is 18.4. The molecule has 0 aliphatic heterocycles. The van der Waals surface area contributed by atoms with Gasteiger partial charge in [0, 0.05) is 15.7 Å². The number of nitrogens with one attached hydrogen (secondary N) is 1. The van der Waals surface area contributed by atoms with Crippen molar-refractivity contribution in [2.24, 2.45) is 0 Å². The van der Waals surface area contributed by atoms with Gasteiger partial charge in [0.15, 0.2) is 0 Å². The van der Waals surface area contributed by atoms with Gasteiger partial charge in [-0.05, 0) is 47.5 Å². The van der Waals surface area contributed by atoms with Crippen LogP contribution in [0.25, 0.3) is 11.6 Å². The third-order valence-corrected chi connectivity index (χ3v) is 4.33. The molecule has 130 valence electrons. The Balaban J connectivity index is 1.95. The Bertz CT molecular complexity index is 918. The molecule has 1 amide bonds. The second-order valence-corrected chi connectivity index (χ2v) is 6.58. The van der Waals surface area contributed by atoms with E-state index in [-0.39, 0.29) is 5.91 Å². The van der Waals surface area contributed by atoms with Crippen LogP contribution in [0.15, 0.2) is 83.3 Å². The zero-order valence-corrected chi connectivity index (χ0v) is 15.9. The van der Waals surface area contributed by atoms with Crippen molar-refractivity contribution in [3.63, 3.8) is 0 Å². The molecule has 0 spiro atoms. The monoisotopic (exact) mass is 407 g/mol. The van der Waals surface area contributed by atoms with Crippen molar-refractivity contribution in [3.8, 4) is 5.75 Å². The number of anilines is 1. The Labute approximate surface area is 161 Å². The molecule has 26 heavy (non-hydrogen) atoms. The fraction of sp³-hybridized carbons (Fsp3) is 0.0455. The summed E-state index contributed by atoms with van der Waals surface area (Å²) in [6, 6.07) is 24.8. The van der Waals surface area contributed by atoms with Crippen LogP contribution in [0.4, 0.5) is 5.69 Å². The molecular formula is C22H18BrNO2. The highest BCUT2D eigenvalue weighted by atomic mass is 79.9. The van der Waals surface area contributed by atoms with Gasteiger partial charge in [-0.1, -0.05) is 64.5 Å². The number of benzene rings is 3. The molecule has 0 aliphatic carbocycles. The van der Waals surface area contributed by atoms with Crippen molar-refractivity contribution in [2.75, 3.05) is 12.4 Å². The average Bonchev–Trinajstić information content (AvgIpc) is 2.67. The second kappa shape index (κ2) is 8.50. The summed E-state index contributed by atoms with van der Waals surface area (Å²) < 4.78 is 6.10. The van der Waals surface area contributed by atoms with Crippen LogP contribution in [0.3, 0.4) is 0 Å². The van der Waals surface area contributed by atoms with Crippen molar-refractivity contribution in [1.82, 2.24) is 0 Å². The first kappa shape index (κ1) is 18.0. The average molecular weight is 408 g/mol. The predicted molar refractivity (Wildman–Crippen MR) is 110 cm³/mol. The van der Waals surface area contributed by atoms with E-state index in [9.17, 15) is 4.79 Å². The van der Waals surface area contributed by atoms with Crippen molar-refractivity contribution in [1.29, 1.82) is 0 Å². The van der Waals surface area contributed by atoms with Gasteiger partial charge in [-0.25, -0.2) is 0 Å². The van der Waals surface area contributed by atoms with Crippen LogP contribution in [0.2, 0.25) is 0 Å². The van der Waals surface area contributed by atoms with Crippen molar-refractivity contribution < 1.29 is 9.53 Å². The lowest BCUT2D eigenvalue weighted by atomic mass is 10.0. The minimum absolute atomic E-state index is 0.162. The molecule has 0 atom stereocenters. The quantitative estimate of drug-likeness (QED) is 0.439. The molecule has 0 radical (unpaired) electrons.